The topological polar surface area (TPSA) is 138 Å². The normalized spacial score (nSPS) is 20.4. The Balaban J connectivity index is 1.60. The molecule has 1 saturated heterocycles. The van der Waals surface area contributed by atoms with Crippen LogP contribution >= 0.6 is 0 Å². The van der Waals surface area contributed by atoms with Gasteiger partial charge >= 0.3 is 6.01 Å². The van der Waals surface area contributed by atoms with E-state index in [9.17, 15) is 12.8 Å². The summed E-state index contributed by atoms with van der Waals surface area (Å²) in [7, 11) is -1.77. The van der Waals surface area contributed by atoms with Gasteiger partial charge in [-0.1, -0.05) is 6.92 Å². The minimum Gasteiger partial charge on any atom is -0.461 e. The van der Waals surface area contributed by atoms with E-state index < -0.39 is 21.7 Å². The molecule has 2 aromatic heterocycles. The third-order valence-electron chi connectivity index (χ3n) is 5.40. The smallest absolute Gasteiger partial charge is 0.317 e. The predicted molar refractivity (Wildman–Crippen MR) is 128 cm³/mol. The second kappa shape index (κ2) is 11.0. The molecule has 13 heteroatoms. The molecule has 4 rings (SSSR count). The quantitative estimate of drug-likeness (QED) is 0.385. The van der Waals surface area contributed by atoms with E-state index >= 15 is 0 Å². The predicted octanol–water partition coefficient (Wildman–Crippen LogP) is 2.30. The lowest BCUT2D eigenvalue weighted by Gasteiger charge is -2.36. The van der Waals surface area contributed by atoms with Gasteiger partial charge in [-0.25, -0.2) is 27.5 Å². The number of hydrogen-bond acceptors (Lipinski definition) is 9. The van der Waals surface area contributed by atoms with Crippen molar-refractivity contribution in [3.8, 4) is 28.7 Å². The second-order valence-corrected chi connectivity index (χ2v) is 10.6. The van der Waals surface area contributed by atoms with Gasteiger partial charge in [-0.2, -0.15) is 4.98 Å². The SMILES string of the molecule is COCCOc1nccc(-c2[nH]c(C3OCC(C)(CNS(C)(=O)=O)CO3)nc2-c2ccc(F)cc2)n1. The molecular formula is C23H28FN5O6S. The van der Waals surface area contributed by atoms with Crippen molar-refractivity contribution >= 4 is 10.0 Å². The molecule has 0 atom stereocenters. The summed E-state index contributed by atoms with van der Waals surface area (Å²) in [6.07, 6.45) is 1.85. The molecule has 36 heavy (non-hydrogen) atoms. The average Bonchev–Trinajstić information content (AvgIpc) is 3.29. The Kier molecular flexibility index (Phi) is 7.95. The first-order chi connectivity index (χ1) is 17.2. The van der Waals surface area contributed by atoms with Crippen LogP contribution in [0.25, 0.3) is 22.6 Å². The largest absolute Gasteiger partial charge is 0.461 e. The summed E-state index contributed by atoms with van der Waals surface area (Å²) in [6.45, 7) is 3.20. The van der Waals surface area contributed by atoms with Crippen molar-refractivity contribution in [2.24, 2.45) is 5.41 Å². The van der Waals surface area contributed by atoms with E-state index in [-0.39, 0.29) is 38.2 Å². The monoisotopic (exact) mass is 521 g/mol. The molecule has 0 amide bonds. The second-order valence-electron chi connectivity index (χ2n) is 8.78. The third kappa shape index (κ3) is 6.62. The van der Waals surface area contributed by atoms with Crippen LogP contribution < -0.4 is 9.46 Å². The molecule has 1 fully saturated rings. The first-order valence-corrected chi connectivity index (χ1v) is 13.0. The lowest BCUT2D eigenvalue weighted by atomic mass is 9.92. The van der Waals surface area contributed by atoms with E-state index in [0.717, 1.165) is 6.26 Å². The summed E-state index contributed by atoms with van der Waals surface area (Å²) in [5.74, 6) is 0.0239. The molecule has 0 unspecified atom stereocenters. The molecule has 1 aromatic carbocycles. The zero-order chi connectivity index (χ0) is 25.8. The number of nitrogens with one attached hydrogen (secondary N) is 2. The maximum atomic E-state index is 13.6. The summed E-state index contributed by atoms with van der Waals surface area (Å²) in [5, 5.41) is 0. The molecule has 0 radical (unpaired) electrons. The zero-order valence-electron chi connectivity index (χ0n) is 20.2. The fraction of sp³-hybridized carbons (Fsp3) is 0.435. The van der Waals surface area contributed by atoms with Gasteiger partial charge in [0.25, 0.3) is 0 Å². The van der Waals surface area contributed by atoms with Gasteiger partial charge in [0.05, 0.1) is 43.2 Å². The molecule has 1 aliphatic heterocycles. The highest BCUT2D eigenvalue weighted by molar-refractivity contribution is 7.88. The Bertz CT molecular complexity index is 1280. The maximum Gasteiger partial charge on any atom is 0.317 e. The summed E-state index contributed by atoms with van der Waals surface area (Å²) >= 11 is 0. The number of sulfonamides is 1. The lowest BCUT2D eigenvalue weighted by Crippen LogP contribution is -2.45. The summed E-state index contributed by atoms with van der Waals surface area (Å²) in [5.41, 5.74) is 1.69. The van der Waals surface area contributed by atoms with Crippen LogP contribution in [0, 0.1) is 11.2 Å². The van der Waals surface area contributed by atoms with Crippen molar-refractivity contribution in [3.05, 3.63) is 48.2 Å². The van der Waals surface area contributed by atoms with Crippen LogP contribution in [0.5, 0.6) is 6.01 Å². The minimum absolute atomic E-state index is 0.171. The Morgan fingerprint density at radius 3 is 2.56 bits per heavy atom. The fourth-order valence-electron chi connectivity index (χ4n) is 3.48. The Morgan fingerprint density at radius 1 is 1.17 bits per heavy atom. The number of ether oxygens (including phenoxy) is 4. The molecule has 1 aliphatic rings. The van der Waals surface area contributed by atoms with Crippen LogP contribution in [-0.4, -0.2) is 74.7 Å². The number of aromatic amines is 1. The lowest BCUT2D eigenvalue weighted by molar-refractivity contribution is -0.231. The number of benzene rings is 1. The highest BCUT2D eigenvalue weighted by Gasteiger charge is 2.35. The van der Waals surface area contributed by atoms with Crippen molar-refractivity contribution in [1.82, 2.24) is 24.7 Å². The van der Waals surface area contributed by atoms with Crippen LogP contribution in [0.3, 0.4) is 0 Å². The number of rotatable bonds is 10. The van der Waals surface area contributed by atoms with E-state index in [4.69, 9.17) is 18.9 Å². The number of hydrogen-bond donors (Lipinski definition) is 2. The van der Waals surface area contributed by atoms with Gasteiger partial charge in [0.2, 0.25) is 16.3 Å². The number of H-pyrrole nitrogens is 1. The highest BCUT2D eigenvalue weighted by Crippen LogP contribution is 2.35. The number of halogens is 1. The van der Waals surface area contributed by atoms with E-state index in [1.807, 2.05) is 6.92 Å². The first-order valence-electron chi connectivity index (χ1n) is 11.1. The maximum absolute atomic E-state index is 13.6. The molecule has 0 bridgehead atoms. The van der Waals surface area contributed by atoms with Crippen molar-refractivity contribution < 1.29 is 31.8 Å². The molecule has 2 N–H and O–H groups in total. The van der Waals surface area contributed by atoms with E-state index in [0.29, 0.717) is 35.1 Å². The molecular weight excluding hydrogens is 493 g/mol. The number of methoxy groups -OCH3 is 1. The number of nitrogens with zero attached hydrogens (tertiary/aromatic N) is 3. The van der Waals surface area contributed by atoms with Crippen LogP contribution in [-0.2, 0) is 24.2 Å². The molecule has 3 aromatic rings. The van der Waals surface area contributed by atoms with Crippen molar-refractivity contribution in [1.29, 1.82) is 0 Å². The summed E-state index contributed by atoms with van der Waals surface area (Å²) in [6, 6.07) is 7.80. The molecule has 0 saturated carbocycles. The van der Waals surface area contributed by atoms with Crippen molar-refractivity contribution in [3.63, 3.8) is 0 Å². The van der Waals surface area contributed by atoms with Crippen LogP contribution in [0.1, 0.15) is 19.0 Å². The molecule has 0 spiro atoms. The molecule has 3 heterocycles. The van der Waals surface area contributed by atoms with Gasteiger partial charge in [-0.15, -0.1) is 0 Å². The molecule has 11 nitrogen and oxygen atoms in total. The molecule has 0 aliphatic carbocycles. The van der Waals surface area contributed by atoms with E-state index in [1.165, 1.54) is 12.1 Å². The molecule has 194 valence electrons. The Labute approximate surface area is 208 Å². The standard InChI is InChI=1S/C23H28FN5O6S/c1-23(12-26-36(3,30)31)13-34-21(35-14-23)20-28-18(15-4-6-16(24)7-5-15)19(29-20)17-8-9-25-22(27-17)33-11-10-32-2/h4-9,21,26H,10-14H2,1-3H3,(H,28,29). The van der Waals surface area contributed by atoms with Gasteiger partial charge in [0.15, 0.2) is 5.82 Å². The Hall–Kier alpha value is -2.97. The van der Waals surface area contributed by atoms with Crippen molar-refractivity contribution in [2.75, 3.05) is 46.3 Å². The number of imidazole rings is 1. The third-order valence-corrected chi connectivity index (χ3v) is 6.07. The van der Waals surface area contributed by atoms with Gasteiger partial charge in [0.1, 0.15) is 12.4 Å². The highest BCUT2D eigenvalue weighted by atomic mass is 32.2. The summed E-state index contributed by atoms with van der Waals surface area (Å²) < 4.78 is 61.4. The van der Waals surface area contributed by atoms with Gasteiger partial charge in [-0.3, -0.25) is 0 Å². The van der Waals surface area contributed by atoms with Crippen LogP contribution in [0.15, 0.2) is 36.5 Å². The van der Waals surface area contributed by atoms with E-state index in [2.05, 4.69) is 24.7 Å². The first kappa shape index (κ1) is 26.1. The van der Waals surface area contributed by atoms with E-state index in [1.54, 1.807) is 31.5 Å². The minimum atomic E-state index is -3.34. The van der Waals surface area contributed by atoms with Crippen molar-refractivity contribution in [2.45, 2.75) is 13.2 Å². The van der Waals surface area contributed by atoms with Gasteiger partial charge in [0, 0.05) is 30.8 Å². The number of aromatic nitrogens is 4. The van der Waals surface area contributed by atoms with Gasteiger partial charge in [-0.05, 0) is 30.3 Å². The van der Waals surface area contributed by atoms with Crippen LogP contribution in [0.2, 0.25) is 0 Å². The zero-order valence-corrected chi connectivity index (χ0v) is 21.0. The average molecular weight is 522 g/mol. The fourth-order valence-corrected chi connectivity index (χ4v) is 4.09. The van der Waals surface area contributed by atoms with Gasteiger partial charge < -0.3 is 23.9 Å². The van der Waals surface area contributed by atoms with Crippen LogP contribution in [0.4, 0.5) is 4.39 Å². The summed E-state index contributed by atoms with van der Waals surface area (Å²) in [4.78, 5) is 16.5. The Morgan fingerprint density at radius 2 is 1.89 bits per heavy atom.